The van der Waals surface area contributed by atoms with E-state index in [-0.39, 0.29) is 17.9 Å². The zero-order valence-electron chi connectivity index (χ0n) is 15.5. The Bertz CT molecular complexity index is 1000. The number of nitrogens with zero attached hydrogens (tertiary/aromatic N) is 3. The third-order valence-electron chi connectivity index (χ3n) is 4.00. The van der Waals surface area contributed by atoms with Crippen LogP contribution in [-0.4, -0.2) is 34.9 Å². The van der Waals surface area contributed by atoms with E-state index in [2.05, 4.69) is 15.4 Å². The van der Waals surface area contributed by atoms with E-state index in [9.17, 15) is 9.59 Å². The molecule has 0 atom stereocenters. The Kier molecular flexibility index (Phi) is 6.38. The van der Waals surface area contributed by atoms with Gasteiger partial charge in [0.05, 0.1) is 19.9 Å². The second-order valence-electron chi connectivity index (χ2n) is 5.84. The van der Waals surface area contributed by atoms with Gasteiger partial charge in [0.1, 0.15) is 0 Å². The van der Waals surface area contributed by atoms with Crippen LogP contribution in [0.25, 0.3) is 11.3 Å². The van der Waals surface area contributed by atoms with Crippen LogP contribution in [0.5, 0.6) is 11.5 Å². The number of amides is 1. The molecule has 0 fully saturated rings. The number of nitrogens with one attached hydrogen (secondary N) is 1. The lowest BCUT2D eigenvalue weighted by atomic mass is 10.1. The predicted octanol–water partition coefficient (Wildman–Crippen LogP) is 2.80. The molecule has 1 aromatic carbocycles. The monoisotopic (exact) mass is 400 g/mol. The van der Waals surface area contributed by atoms with Crippen LogP contribution in [-0.2, 0) is 11.3 Å². The van der Waals surface area contributed by atoms with Crippen LogP contribution in [0, 0.1) is 0 Å². The van der Waals surface area contributed by atoms with E-state index in [1.165, 1.54) is 22.1 Å². The Hall–Kier alpha value is -3.20. The van der Waals surface area contributed by atoms with Crippen molar-refractivity contribution in [3.63, 3.8) is 0 Å². The second kappa shape index (κ2) is 9.14. The maximum Gasteiger partial charge on any atom is 0.266 e. The van der Waals surface area contributed by atoms with Crippen LogP contribution < -0.4 is 20.3 Å². The molecule has 2 aromatic heterocycles. The van der Waals surface area contributed by atoms with Crippen molar-refractivity contribution >= 4 is 22.4 Å². The van der Waals surface area contributed by atoms with Crippen LogP contribution in [0.15, 0.2) is 46.7 Å². The third kappa shape index (κ3) is 4.74. The predicted molar refractivity (Wildman–Crippen MR) is 107 cm³/mol. The Balaban J connectivity index is 1.68. The molecule has 0 unspecified atom stereocenters. The molecule has 0 aliphatic carbocycles. The molecule has 0 aliphatic heterocycles. The summed E-state index contributed by atoms with van der Waals surface area (Å²) < 4.78 is 11.9. The molecule has 3 aromatic rings. The summed E-state index contributed by atoms with van der Waals surface area (Å²) in [4.78, 5) is 28.0. The van der Waals surface area contributed by atoms with Crippen molar-refractivity contribution in [3.8, 4) is 22.8 Å². The number of thiazole rings is 1. The zero-order chi connectivity index (χ0) is 19.9. The number of hydrogen-bond donors (Lipinski definition) is 1. The summed E-state index contributed by atoms with van der Waals surface area (Å²) >= 11 is 1.36. The van der Waals surface area contributed by atoms with Gasteiger partial charge in [-0.15, -0.1) is 11.3 Å². The van der Waals surface area contributed by atoms with Crippen molar-refractivity contribution in [1.82, 2.24) is 14.8 Å². The third-order valence-corrected chi connectivity index (χ3v) is 4.69. The molecule has 0 spiro atoms. The molecule has 8 nitrogen and oxygen atoms in total. The van der Waals surface area contributed by atoms with Gasteiger partial charge in [0.15, 0.2) is 16.6 Å². The van der Waals surface area contributed by atoms with Crippen LogP contribution in [0.3, 0.4) is 0 Å². The molecule has 0 saturated heterocycles. The van der Waals surface area contributed by atoms with Crippen molar-refractivity contribution in [2.24, 2.45) is 0 Å². The number of anilines is 1. The number of rotatable bonds is 8. The molecule has 3 rings (SSSR count). The second-order valence-corrected chi connectivity index (χ2v) is 6.73. The SMILES string of the molecule is COc1ccc(-c2ccc(=O)n(CCCC(=O)Nc3nccs3)n2)cc1OC. The lowest BCUT2D eigenvalue weighted by molar-refractivity contribution is -0.116. The van der Waals surface area contributed by atoms with Crippen LogP contribution in [0.2, 0.25) is 0 Å². The highest BCUT2D eigenvalue weighted by atomic mass is 32.1. The molecule has 0 saturated carbocycles. The van der Waals surface area contributed by atoms with Gasteiger partial charge in [-0.3, -0.25) is 9.59 Å². The van der Waals surface area contributed by atoms with Crippen molar-refractivity contribution in [1.29, 1.82) is 0 Å². The van der Waals surface area contributed by atoms with E-state index in [1.807, 2.05) is 6.07 Å². The highest BCUT2D eigenvalue weighted by Gasteiger charge is 2.10. The van der Waals surface area contributed by atoms with E-state index in [0.29, 0.717) is 35.3 Å². The minimum Gasteiger partial charge on any atom is -0.493 e. The van der Waals surface area contributed by atoms with Gasteiger partial charge in [0, 0.05) is 36.2 Å². The molecule has 28 heavy (non-hydrogen) atoms. The number of carbonyl (C=O) groups is 1. The lowest BCUT2D eigenvalue weighted by Crippen LogP contribution is -2.23. The zero-order valence-corrected chi connectivity index (χ0v) is 16.4. The molecule has 2 heterocycles. The fourth-order valence-electron chi connectivity index (χ4n) is 2.61. The van der Waals surface area contributed by atoms with Crippen molar-refractivity contribution in [3.05, 3.63) is 52.3 Å². The topological polar surface area (TPSA) is 95.3 Å². The van der Waals surface area contributed by atoms with Gasteiger partial charge in [-0.05, 0) is 30.7 Å². The van der Waals surface area contributed by atoms with Gasteiger partial charge in [-0.1, -0.05) is 0 Å². The van der Waals surface area contributed by atoms with Gasteiger partial charge < -0.3 is 14.8 Å². The molecule has 0 radical (unpaired) electrons. The molecule has 1 amide bonds. The molecular weight excluding hydrogens is 380 g/mol. The average molecular weight is 400 g/mol. The fourth-order valence-corrected chi connectivity index (χ4v) is 3.16. The molecule has 0 bridgehead atoms. The van der Waals surface area contributed by atoms with Crippen molar-refractivity contribution in [2.45, 2.75) is 19.4 Å². The molecule has 146 valence electrons. The first-order valence-corrected chi connectivity index (χ1v) is 9.48. The average Bonchev–Trinajstić information content (AvgIpc) is 3.21. The van der Waals surface area contributed by atoms with E-state index in [1.54, 1.807) is 44.0 Å². The first kappa shape index (κ1) is 19.6. The standard InChI is InChI=1S/C19H20N4O4S/c1-26-15-7-5-13(12-16(15)27-2)14-6-8-18(25)23(22-14)10-3-4-17(24)21-19-20-9-11-28-19/h5-9,11-12H,3-4,10H2,1-2H3,(H,20,21,24). The normalized spacial score (nSPS) is 10.5. The first-order chi connectivity index (χ1) is 13.6. The summed E-state index contributed by atoms with van der Waals surface area (Å²) in [6.07, 6.45) is 2.39. The van der Waals surface area contributed by atoms with Crippen molar-refractivity contribution < 1.29 is 14.3 Å². The molecule has 1 N–H and O–H groups in total. The number of hydrogen-bond acceptors (Lipinski definition) is 7. The number of benzene rings is 1. The Morgan fingerprint density at radius 1 is 1.18 bits per heavy atom. The van der Waals surface area contributed by atoms with Gasteiger partial charge in [0.2, 0.25) is 5.91 Å². The summed E-state index contributed by atoms with van der Waals surface area (Å²) in [6.45, 7) is 0.339. The fraction of sp³-hybridized carbons (Fsp3) is 0.263. The smallest absolute Gasteiger partial charge is 0.266 e. The summed E-state index contributed by atoms with van der Waals surface area (Å²) in [7, 11) is 3.13. The minimum absolute atomic E-state index is 0.140. The number of aryl methyl sites for hydroxylation is 1. The lowest BCUT2D eigenvalue weighted by Gasteiger charge is -2.10. The number of ether oxygens (including phenoxy) is 2. The van der Waals surface area contributed by atoms with E-state index in [0.717, 1.165) is 5.56 Å². The first-order valence-electron chi connectivity index (χ1n) is 8.60. The van der Waals surface area contributed by atoms with E-state index >= 15 is 0 Å². The highest BCUT2D eigenvalue weighted by molar-refractivity contribution is 7.13. The molecule has 9 heteroatoms. The summed E-state index contributed by atoms with van der Waals surface area (Å²) in [5.74, 6) is 1.06. The van der Waals surface area contributed by atoms with E-state index in [4.69, 9.17) is 9.47 Å². The molecule has 0 aliphatic rings. The Morgan fingerprint density at radius 2 is 2.00 bits per heavy atom. The van der Waals surface area contributed by atoms with Gasteiger partial charge in [-0.2, -0.15) is 5.10 Å². The minimum atomic E-state index is -0.218. The highest BCUT2D eigenvalue weighted by Crippen LogP contribution is 2.31. The van der Waals surface area contributed by atoms with Crippen LogP contribution >= 0.6 is 11.3 Å². The van der Waals surface area contributed by atoms with Crippen LogP contribution in [0.4, 0.5) is 5.13 Å². The molecular formula is C19H20N4O4S. The van der Waals surface area contributed by atoms with Gasteiger partial charge in [0.25, 0.3) is 5.56 Å². The number of methoxy groups -OCH3 is 2. The summed E-state index contributed by atoms with van der Waals surface area (Å²) in [6, 6.07) is 8.57. The van der Waals surface area contributed by atoms with Crippen LogP contribution in [0.1, 0.15) is 12.8 Å². The summed E-state index contributed by atoms with van der Waals surface area (Å²) in [5, 5.41) is 9.49. The van der Waals surface area contributed by atoms with Crippen molar-refractivity contribution in [2.75, 3.05) is 19.5 Å². The number of carbonyl (C=O) groups excluding carboxylic acids is 1. The Labute approximate surface area is 165 Å². The van der Waals surface area contributed by atoms with Gasteiger partial charge >= 0.3 is 0 Å². The summed E-state index contributed by atoms with van der Waals surface area (Å²) in [5.41, 5.74) is 1.21. The maximum atomic E-state index is 12.1. The van der Waals surface area contributed by atoms with E-state index < -0.39 is 0 Å². The van der Waals surface area contributed by atoms with Gasteiger partial charge in [-0.25, -0.2) is 9.67 Å². The Morgan fingerprint density at radius 3 is 2.71 bits per heavy atom. The largest absolute Gasteiger partial charge is 0.493 e. The quantitative estimate of drug-likeness (QED) is 0.625. The number of aromatic nitrogens is 3. The maximum absolute atomic E-state index is 12.1.